The minimum atomic E-state index is -0.266. The Morgan fingerprint density at radius 3 is 2.90 bits per heavy atom. The highest BCUT2D eigenvalue weighted by Crippen LogP contribution is 2.29. The van der Waals surface area contributed by atoms with Gasteiger partial charge in [-0.05, 0) is 0 Å². The SMILES string of the molecule is Cn1cc(NC(=O)c2sc(N3CCOCC3)nc2N)cn1. The molecule has 1 saturated heterocycles. The van der Waals surface area contributed by atoms with E-state index in [0.717, 1.165) is 18.2 Å². The molecule has 0 unspecified atom stereocenters. The Bertz CT molecular complexity index is 646. The molecule has 8 nitrogen and oxygen atoms in total. The van der Waals surface area contributed by atoms with Gasteiger partial charge in [-0.3, -0.25) is 9.48 Å². The molecule has 1 aliphatic rings. The molecule has 1 fully saturated rings. The Morgan fingerprint density at radius 2 is 2.24 bits per heavy atom. The van der Waals surface area contributed by atoms with Crippen molar-refractivity contribution in [1.82, 2.24) is 14.8 Å². The van der Waals surface area contributed by atoms with Gasteiger partial charge in [-0.15, -0.1) is 0 Å². The second-order valence-electron chi connectivity index (χ2n) is 4.67. The number of hydrogen-bond donors (Lipinski definition) is 2. The van der Waals surface area contributed by atoms with Gasteiger partial charge in [0.15, 0.2) is 5.13 Å². The third-order valence-electron chi connectivity index (χ3n) is 3.09. The van der Waals surface area contributed by atoms with Crippen LogP contribution >= 0.6 is 11.3 Å². The molecule has 3 heterocycles. The first-order valence-electron chi connectivity index (χ1n) is 6.52. The van der Waals surface area contributed by atoms with Crippen LogP contribution in [0.2, 0.25) is 0 Å². The van der Waals surface area contributed by atoms with Crippen molar-refractivity contribution in [3.8, 4) is 0 Å². The topological polar surface area (TPSA) is 98.3 Å². The summed E-state index contributed by atoms with van der Waals surface area (Å²) >= 11 is 1.30. The Morgan fingerprint density at radius 1 is 1.48 bits per heavy atom. The molecule has 0 spiro atoms. The van der Waals surface area contributed by atoms with Crippen LogP contribution in [0, 0.1) is 0 Å². The predicted molar refractivity (Wildman–Crippen MR) is 80.7 cm³/mol. The molecule has 0 atom stereocenters. The number of morpholine rings is 1. The van der Waals surface area contributed by atoms with Crippen molar-refractivity contribution in [3.05, 3.63) is 17.3 Å². The highest BCUT2D eigenvalue weighted by molar-refractivity contribution is 7.18. The molecule has 0 bridgehead atoms. The molecular weight excluding hydrogens is 292 g/mol. The smallest absolute Gasteiger partial charge is 0.269 e. The van der Waals surface area contributed by atoms with Crippen LogP contribution in [0.5, 0.6) is 0 Å². The van der Waals surface area contributed by atoms with E-state index in [1.165, 1.54) is 11.3 Å². The zero-order chi connectivity index (χ0) is 14.8. The van der Waals surface area contributed by atoms with Crippen molar-refractivity contribution >= 4 is 33.9 Å². The third kappa shape index (κ3) is 2.98. The Labute approximate surface area is 125 Å². The molecule has 1 amide bonds. The molecule has 2 aromatic heterocycles. The average molecular weight is 308 g/mol. The fraction of sp³-hybridized carbons (Fsp3) is 0.417. The number of nitrogens with two attached hydrogens (primary N) is 1. The number of carbonyl (C=O) groups is 1. The van der Waals surface area contributed by atoms with Gasteiger partial charge < -0.3 is 20.7 Å². The van der Waals surface area contributed by atoms with E-state index in [2.05, 4.69) is 20.3 Å². The van der Waals surface area contributed by atoms with E-state index in [9.17, 15) is 4.79 Å². The monoisotopic (exact) mass is 308 g/mol. The van der Waals surface area contributed by atoms with Crippen LogP contribution in [0.1, 0.15) is 9.67 Å². The number of carbonyl (C=O) groups excluding carboxylic acids is 1. The standard InChI is InChI=1S/C12H16N6O2S/c1-17-7-8(6-14-17)15-11(19)9-10(13)16-12(21-9)18-2-4-20-5-3-18/h6-7H,2-5,13H2,1H3,(H,15,19). The summed E-state index contributed by atoms with van der Waals surface area (Å²) in [6, 6.07) is 0. The van der Waals surface area contributed by atoms with E-state index < -0.39 is 0 Å². The molecule has 112 valence electrons. The van der Waals surface area contributed by atoms with Crippen LogP contribution in [0.3, 0.4) is 0 Å². The summed E-state index contributed by atoms with van der Waals surface area (Å²) in [4.78, 5) is 19.0. The molecule has 2 aromatic rings. The lowest BCUT2D eigenvalue weighted by molar-refractivity contribution is 0.103. The Hall–Kier alpha value is -2.13. The van der Waals surface area contributed by atoms with Crippen LogP contribution in [0.15, 0.2) is 12.4 Å². The summed E-state index contributed by atoms with van der Waals surface area (Å²) in [5.74, 6) is -0.0135. The molecule has 21 heavy (non-hydrogen) atoms. The van der Waals surface area contributed by atoms with E-state index in [1.807, 2.05) is 0 Å². The first-order chi connectivity index (χ1) is 10.1. The highest BCUT2D eigenvalue weighted by atomic mass is 32.1. The van der Waals surface area contributed by atoms with Gasteiger partial charge in [0.2, 0.25) is 0 Å². The predicted octanol–water partition coefficient (Wildman–Crippen LogP) is 0.548. The first-order valence-corrected chi connectivity index (χ1v) is 7.34. The van der Waals surface area contributed by atoms with Gasteiger partial charge in [0, 0.05) is 26.3 Å². The van der Waals surface area contributed by atoms with Crippen LogP contribution in [0.25, 0.3) is 0 Å². The van der Waals surface area contributed by atoms with E-state index in [-0.39, 0.29) is 11.7 Å². The van der Waals surface area contributed by atoms with E-state index in [4.69, 9.17) is 10.5 Å². The molecule has 0 saturated carbocycles. The molecule has 0 radical (unpaired) electrons. The van der Waals surface area contributed by atoms with Crippen molar-refractivity contribution in [2.75, 3.05) is 42.3 Å². The third-order valence-corrected chi connectivity index (χ3v) is 4.22. The number of aryl methyl sites for hydroxylation is 1. The normalized spacial score (nSPS) is 15.2. The van der Waals surface area contributed by atoms with Gasteiger partial charge in [0.25, 0.3) is 5.91 Å². The maximum atomic E-state index is 12.2. The number of ether oxygens (including phenoxy) is 1. The second kappa shape index (κ2) is 5.70. The van der Waals surface area contributed by atoms with E-state index >= 15 is 0 Å². The maximum absolute atomic E-state index is 12.2. The molecular formula is C12H16N6O2S. The van der Waals surface area contributed by atoms with Crippen molar-refractivity contribution < 1.29 is 9.53 Å². The number of aromatic nitrogens is 3. The summed E-state index contributed by atoms with van der Waals surface area (Å²) in [7, 11) is 1.78. The van der Waals surface area contributed by atoms with Crippen molar-refractivity contribution in [3.63, 3.8) is 0 Å². The Kier molecular flexibility index (Phi) is 3.76. The lowest BCUT2D eigenvalue weighted by Crippen LogP contribution is -2.36. The van der Waals surface area contributed by atoms with Gasteiger partial charge in [-0.2, -0.15) is 5.10 Å². The fourth-order valence-corrected chi connectivity index (χ4v) is 2.98. The van der Waals surface area contributed by atoms with Gasteiger partial charge in [-0.25, -0.2) is 4.98 Å². The molecule has 0 aromatic carbocycles. The van der Waals surface area contributed by atoms with Crippen LogP contribution < -0.4 is 16.0 Å². The minimum Gasteiger partial charge on any atom is -0.382 e. The maximum Gasteiger partial charge on any atom is 0.269 e. The van der Waals surface area contributed by atoms with Gasteiger partial charge in [0.05, 0.1) is 25.1 Å². The summed E-state index contributed by atoms with van der Waals surface area (Å²) in [5, 5.41) is 7.52. The number of nitrogens with one attached hydrogen (secondary N) is 1. The fourth-order valence-electron chi connectivity index (χ4n) is 2.05. The van der Waals surface area contributed by atoms with E-state index in [0.29, 0.717) is 23.8 Å². The van der Waals surface area contributed by atoms with Gasteiger partial charge in [-0.1, -0.05) is 11.3 Å². The zero-order valence-corrected chi connectivity index (χ0v) is 12.4. The number of rotatable bonds is 3. The zero-order valence-electron chi connectivity index (χ0n) is 11.6. The number of anilines is 3. The summed E-state index contributed by atoms with van der Waals surface area (Å²) in [6.07, 6.45) is 3.30. The van der Waals surface area contributed by atoms with Gasteiger partial charge in [0.1, 0.15) is 10.7 Å². The molecule has 9 heteroatoms. The summed E-state index contributed by atoms with van der Waals surface area (Å²) in [5.41, 5.74) is 6.50. The second-order valence-corrected chi connectivity index (χ2v) is 5.64. The van der Waals surface area contributed by atoms with Crippen LogP contribution in [0.4, 0.5) is 16.6 Å². The van der Waals surface area contributed by atoms with Crippen LogP contribution in [-0.4, -0.2) is 47.0 Å². The van der Waals surface area contributed by atoms with Crippen molar-refractivity contribution in [1.29, 1.82) is 0 Å². The molecule has 1 aliphatic heterocycles. The average Bonchev–Trinajstić information content (AvgIpc) is 3.06. The number of nitrogens with zero attached hydrogens (tertiary/aromatic N) is 4. The highest BCUT2D eigenvalue weighted by Gasteiger charge is 2.21. The number of thiazole rings is 1. The van der Waals surface area contributed by atoms with Crippen molar-refractivity contribution in [2.24, 2.45) is 7.05 Å². The van der Waals surface area contributed by atoms with E-state index in [1.54, 1.807) is 24.1 Å². The number of nitrogen functional groups attached to an aromatic ring is 1. The quantitative estimate of drug-likeness (QED) is 0.859. The first kappa shape index (κ1) is 13.8. The summed E-state index contributed by atoms with van der Waals surface area (Å²) < 4.78 is 6.92. The lowest BCUT2D eigenvalue weighted by Gasteiger charge is -2.25. The minimum absolute atomic E-state index is 0.253. The van der Waals surface area contributed by atoms with Gasteiger partial charge >= 0.3 is 0 Å². The number of hydrogen-bond acceptors (Lipinski definition) is 7. The number of amides is 1. The van der Waals surface area contributed by atoms with Crippen molar-refractivity contribution in [2.45, 2.75) is 0 Å². The molecule has 3 N–H and O–H groups in total. The summed E-state index contributed by atoms with van der Waals surface area (Å²) in [6.45, 7) is 2.85. The van der Waals surface area contributed by atoms with Crippen LogP contribution in [-0.2, 0) is 11.8 Å². The largest absolute Gasteiger partial charge is 0.382 e. The Balaban J connectivity index is 1.75. The lowest BCUT2D eigenvalue weighted by atomic mass is 10.4. The molecule has 3 rings (SSSR count). The molecule has 0 aliphatic carbocycles.